The molecule has 2 aromatic rings. The van der Waals surface area contributed by atoms with Crippen molar-refractivity contribution < 1.29 is 15.0 Å². The molecule has 0 bridgehead atoms. The molecule has 5 heteroatoms. The number of rotatable bonds is 4. The number of hydrogen-bond donors (Lipinski definition) is 2. The van der Waals surface area contributed by atoms with Gasteiger partial charge in [-0.3, -0.25) is 4.79 Å². The Hall–Kier alpha value is -2.58. The molecule has 0 aliphatic rings. The van der Waals surface area contributed by atoms with Crippen LogP contribution in [0.15, 0.2) is 42.5 Å². The average Bonchev–Trinajstić information content (AvgIpc) is 2.80. The Morgan fingerprint density at radius 1 is 1.30 bits per heavy atom. The van der Waals surface area contributed by atoms with Crippen LogP contribution < -0.4 is 0 Å². The maximum atomic E-state index is 10.8. The van der Waals surface area contributed by atoms with E-state index in [0.29, 0.717) is 17.0 Å². The van der Waals surface area contributed by atoms with E-state index in [1.165, 1.54) is 0 Å². The van der Waals surface area contributed by atoms with Gasteiger partial charge in [-0.15, -0.1) is 0 Å². The maximum Gasteiger partial charge on any atom is 0.309 e. The summed E-state index contributed by atoms with van der Waals surface area (Å²) < 4.78 is 1.55. The largest absolute Gasteiger partial charge is 0.481 e. The summed E-state index contributed by atoms with van der Waals surface area (Å²) in [5.74, 6) is -0.960. The minimum atomic E-state index is -1.80. The van der Waals surface area contributed by atoms with Crippen molar-refractivity contribution in [3.8, 4) is 6.07 Å². The molecular formula is C15H14N2O3. The lowest BCUT2D eigenvalue weighted by atomic mass is 9.92. The van der Waals surface area contributed by atoms with Crippen LogP contribution in [0.1, 0.15) is 17.0 Å². The molecule has 1 aromatic heterocycles. The molecule has 0 saturated heterocycles. The van der Waals surface area contributed by atoms with Gasteiger partial charge in [-0.05, 0) is 12.1 Å². The molecule has 20 heavy (non-hydrogen) atoms. The van der Waals surface area contributed by atoms with Crippen molar-refractivity contribution in [3.63, 3.8) is 0 Å². The average molecular weight is 270 g/mol. The van der Waals surface area contributed by atoms with Gasteiger partial charge in [0.2, 0.25) is 5.60 Å². The summed E-state index contributed by atoms with van der Waals surface area (Å²) in [6, 6.07) is 13.7. The molecule has 1 aromatic carbocycles. The third-order valence-electron chi connectivity index (χ3n) is 3.28. The fourth-order valence-corrected chi connectivity index (χ4v) is 2.20. The van der Waals surface area contributed by atoms with Crippen LogP contribution in [0.4, 0.5) is 0 Å². The minimum Gasteiger partial charge on any atom is -0.481 e. The van der Waals surface area contributed by atoms with Gasteiger partial charge < -0.3 is 14.8 Å². The van der Waals surface area contributed by atoms with Gasteiger partial charge in [-0.1, -0.05) is 30.3 Å². The smallest absolute Gasteiger partial charge is 0.309 e. The molecule has 0 radical (unpaired) electrons. The van der Waals surface area contributed by atoms with Gasteiger partial charge in [-0.2, -0.15) is 5.26 Å². The molecule has 102 valence electrons. The Bertz CT molecular complexity index is 670. The van der Waals surface area contributed by atoms with Crippen molar-refractivity contribution in [2.75, 3.05) is 0 Å². The Labute approximate surface area is 116 Å². The van der Waals surface area contributed by atoms with E-state index in [1.54, 1.807) is 54.1 Å². The predicted molar refractivity (Wildman–Crippen MR) is 71.8 cm³/mol. The number of carboxylic acid groups (broad SMARTS) is 1. The molecule has 2 N–H and O–H groups in total. The Morgan fingerprint density at radius 3 is 2.50 bits per heavy atom. The number of nitriles is 1. The normalized spacial score (nSPS) is 13.4. The first-order chi connectivity index (χ1) is 9.49. The molecule has 0 fully saturated rings. The lowest BCUT2D eigenvalue weighted by Crippen LogP contribution is -2.28. The summed E-state index contributed by atoms with van der Waals surface area (Å²) in [7, 11) is 1.64. The lowest BCUT2D eigenvalue weighted by Gasteiger charge is -2.22. The SMILES string of the molecule is Cn1c(CC(=O)O)ccc1C(O)(C#N)c1ccccc1. The number of carboxylic acids is 1. The van der Waals surface area contributed by atoms with Crippen molar-refractivity contribution >= 4 is 5.97 Å². The Kier molecular flexibility index (Phi) is 3.59. The van der Waals surface area contributed by atoms with Crippen LogP contribution in [0.25, 0.3) is 0 Å². The topological polar surface area (TPSA) is 86.2 Å². The highest BCUT2D eigenvalue weighted by Crippen LogP contribution is 2.30. The van der Waals surface area contributed by atoms with Crippen LogP contribution in [0.3, 0.4) is 0 Å². The van der Waals surface area contributed by atoms with Gasteiger partial charge in [0, 0.05) is 18.3 Å². The molecule has 0 amide bonds. The lowest BCUT2D eigenvalue weighted by molar-refractivity contribution is -0.136. The van der Waals surface area contributed by atoms with Crippen molar-refractivity contribution in [2.24, 2.45) is 7.05 Å². The van der Waals surface area contributed by atoms with Gasteiger partial charge in [0.25, 0.3) is 0 Å². The van der Waals surface area contributed by atoms with E-state index in [9.17, 15) is 15.2 Å². The van der Waals surface area contributed by atoms with Crippen molar-refractivity contribution in [2.45, 2.75) is 12.0 Å². The van der Waals surface area contributed by atoms with Crippen molar-refractivity contribution in [3.05, 3.63) is 59.4 Å². The number of nitrogens with zero attached hydrogens (tertiary/aromatic N) is 2. The quantitative estimate of drug-likeness (QED) is 0.822. The zero-order chi connectivity index (χ0) is 14.8. The van der Waals surface area contributed by atoms with Gasteiger partial charge >= 0.3 is 5.97 Å². The second-order valence-electron chi connectivity index (χ2n) is 4.53. The fourth-order valence-electron chi connectivity index (χ4n) is 2.20. The molecule has 1 atom stereocenters. The summed E-state index contributed by atoms with van der Waals surface area (Å²) in [4.78, 5) is 10.8. The number of carbonyl (C=O) groups is 1. The molecule has 5 nitrogen and oxygen atoms in total. The van der Waals surface area contributed by atoms with Gasteiger partial charge in [0.05, 0.1) is 12.1 Å². The molecule has 0 aliphatic heterocycles. The van der Waals surface area contributed by atoms with Crippen LogP contribution in [0.5, 0.6) is 0 Å². The van der Waals surface area contributed by atoms with E-state index in [1.807, 2.05) is 6.07 Å². The predicted octanol–water partition coefficient (Wildman–Crippen LogP) is 1.41. The highest BCUT2D eigenvalue weighted by molar-refractivity contribution is 5.69. The summed E-state index contributed by atoms with van der Waals surface area (Å²) >= 11 is 0. The summed E-state index contributed by atoms with van der Waals surface area (Å²) in [5.41, 5.74) is -0.475. The van der Waals surface area contributed by atoms with E-state index in [0.717, 1.165) is 0 Å². The first-order valence-electron chi connectivity index (χ1n) is 6.05. The van der Waals surface area contributed by atoms with Crippen LogP contribution >= 0.6 is 0 Å². The van der Waals surface area contributed by atoms with E-state index < -0.39 is 11.6 Å². The molecule has 1 unspecified atom stereocenters. The van der Waals surface area contributed by atoms with E-state index in [4.69, 9.17) is 5.11 Å². The van der Waals surface area contributed by atoms with Crippen molar-refractivity contribution in [1.29, 1.82) is 5.26 Å². The first kappa shape index (κ1) is 13.8. The van der Waals surface area contributed by atoms with E-state index in [-0.39, 0.29) is 6.42 Å². The first-order valence-corrected chi connectivity index (χ1v) is 6.05. The highest BCUT2D eigenvalue weighted by atomic mass is 16.4. The Balaban J connectivity index is 2.51. The van der Waals surface area contributed by atoms with Gasteiger partial charge in [0.15, 0.2) is 0 Å². The second kappa shape index (κ2) is 5.19. The third kappa shape index (κ3) is 2.29. The number of aliphatic carboxylic acids is 1. The minimum absolute atomic E-state index is 0.160. The molecule has 2 rings (SSSR count). The summed E-state index contributed by atoms with van der Waals surface area (Å²) in [5, 5.41) is 28.9. The summed E-state index contributed by atoms with van der Waals surface area (Å²) in [6.45, 7) is 0. The van der Waals surface area contributed by atoms with Crippen LogP contribution in [-0.4, -0.2) is 20.7 Å². The standard InChI is InChI=1S/C15H14N2O3/c1-17-12(9-14(18)19)7-8-13(17)15(20,10-16)11-5-3-2-4-6-11/h2-8,20H,9H2,1H3,(H,18,19). The van der Waals surface area contributed by atoms with E-state index >= 15 is 0 Å². The molecular weight excluding hydrogens is 256 g/mol. The maximum absolute atomic E-state index is 10.8. The molecule has 0 saturated carbocycles. The van der Waals surface area contributed by atoms with Gasteiger partial charge in [0.1, 0.15) is 6.07 Å². The Morgan fingerprint density at radius 2 is 1.95 bits per heavy atom. The van der Waals surface area contributed by atoms with Crippen LogP contribution in [-0.2, 0) is 23.9 Å². The molecule has 0 aliphatic carbocycles. The van der Waals surface area contributed by atoms with Gasteiger partial charge in [-0.25, -0.2) is 0 Å². The van der Waals surface area contributed by atoms with Crippen LogP contribution in [0, 0.1) is 11.3 Å². The zero-order valence-corrected chi connectivity index (χ0v) is 10.9. The summed E-state index contributed by atoms with van der Waals surface area (Å²) in [6.07, 6.45) is -0.160. The number of aromatic nitrogens is 1. The fraction of sp³-hybridized carbons (Fsp3) is 0.200. The molecule has 0 spiro atoms. The van der Waals surface area contributed by atoms with Crippen LogP contribution in [0.2, 0.25) is 0 Å². The molecule has 1 heterocycles. The highest BCUT2D eigenvalue weighted by Gasteiger charge is 2.34. The van der Waals surface area contributed by atoms with Crippen molar-refractivity contribution in [1.82, 2.24) is 4.57 Å². The number of hydrogen-bond acceptors (Lipinski definition) is 3. The van der Waals surface area contributed by atoms with E-state index in [2.05, 4.69) is 0 Å². The second-order valence-corrected chi connectivity index (χ2v) is 4.53. The number of aliphatic hydroxyl groups is 1. The monoisotopic (exact) mass is 270 g/mol. The third-order valence-corrected chi connectivity index (χ3v) is 3.28. The zero-order valence-electron chi connectivity index (χ0n) is 10.9. The number of benzene rings is 1.